The van der Waals surface area contributed by atoms with Gasteiger partial charge < -0.3 is 20.1 Å². The second-order valence-corrected chi connectivity index (χ2v) is 5.96. The Bertz CT molecular complexity index is 528. The van der Waals surface area contributed by atoms with Crippen molar-refractivity contribution in [1.82, 2.24) is 0 Å². The van der Waals surface area contributed by atoms with Crippen LogP contribution in [-0.4, -0.2) is 34.4 Å². The Labute approximate surface area is 124 Å². The van der Waals surface area contributed by atoms with Gasteiger partial charge in [-0.25, -0.2) is 4.39 Å². The lowest BCUT2D eigenvalue weighted by atomic mass is 9.76. The molecule has 1 aromatic carbocycles. The molecule has 116 valence electrons. The van der Waals surface area contributed by atoms with Crippen LogP contribution in [0.2, 0.25) is 0 Å². The van der Waals surface area contributed by atoms with Crippen LogP contribution in [0.4, 0.5) is 10.1 Å². The predicted octanol–water partition coefficient (Wildman–Crippen LogP) is 1.04. The molecule has 1 rings (SSSR count). The highest BCUT2D eigenvalue weighted by Crippen LogP contribution is 2.25. The lowest BCUT2D eigenvalue weighted by molar-refractivity contribution is -0.114. The first-order valence-corrected chi connectivity index (χ1v) is 6.59. The minimum atomic E-state index is -1.40. The maximum atomic E-state index is 13.8. The minimum Gasteiger partial charge on any atom is -0.423 e. The maximum Gasteiger partial charge on any atom is 0.491 e. The van der Waals surface area contributed by atoms with Crippen molar-refractivity contribution in [3.63, 3.8) is 0 Å². The molecule has 0 spiro atoms. The molecule has 0 atom stereocenters. The maximum absolute atomic E-state index is 13.8. The molecular formula is C14H21BFNO4. The van der Waals surface area contributed by atoms with E-state index >= 15 is 0 Å². The largest absolute Gasteiger partial charge is 0.491 e. The Morgan fingerprint density at radius 2 is 1.90 bits per heavy atom. The van der Waals surface area contributed by atoms with Gasteiger partial charge in [-0.1, -0.05) is 6.07 Å². The number of hydrogen-bond donors (Lipinski definition) is 3. The number of nitrogens with one attached hydrogen (secondary N) is 1. The third-order valence-corrected chi connectivity index (χ3v) is 3.47. The molecule has 0 heterocycles. The van der Waals surface area contributed by atoms with Crippen molar-refractivity contribution in [1.29, 1.82) is 0 Å². The second-order valence-electron chi connectivity index (χ2n) is 5.96. The summed E-state index contributed by atoms with van der Waals surface area (Å²) in [4.78, 5) is 10.9. The highest BCUT2D eigenvalue weighted by molar-refractivity contribution is 6.60. The SMILES string of the molecule is CC(=O)Nc1ccc(B(O)OC(C)(C)C(C)(C)O)cc1F. The van der Waals surface area contributed by atoms with Gasteiger partial charge in [0.1, 0.15) is 5.82 Å². The Balaban J connectivity index is 2.92. The van der Waals surface area contributed by atoms with Gasteiger partial charge in [0.2, 0.25) is 5.91 Å². The van der Waals surface area contributed by atoms with Crippen molar-refractivity contribution in [2.75, 3.05) is 5.32 Å². The van der Waals surface area contributed by atoms with E-state index in [2.05, 4.69) is 5.32 Å². The summed E-state index contributed by atoms with van der Waals surface area (Å²) >= 11 is 0. The Morgan fingerprint density at radius 3 is 2.33 bits per heavy atom. The van der Waals surface area contributed by atoms with Crippen molar-refractivity contribution in [2.24, 2.45) is 0 Å². The molecular weight excluding hydrogens is 276 g/mol. The number of amides is 1. The fourth-order valence-corrected chi connectivity index (χ4v) is 1.47. The number of hydrogen-bond acceptors (Lipinski definition) is 4. The molecule has 0 saturated heterocycles. The Hall–Kier alpha value is -1.44. The Kier molecular flexibility index (Phi) is 5.14. The van der Waals surface area contributed by atoms with Gasteiger partial charge in [0, 0.05) is 6.92 Å². The molecule has 0 radical (unpaired) electrons. The summed E-state index contributed by atoms with van der Waals surface area (Å²) in [7, 11) is -1.40. The van der Waals surface area contributed by atoms with Crippen LogP contribution >= 0.6 is 0 Å². The van der Waals surface area contributed by atoms with Gasteiger partial charge in [0.05, 0.1) is 16.9 Å². The molecule has 0 aromatic heterocycles. The van der Waals surface area contributed by atoms with Crippen LogP contribution in [0.25, 0.3) is 0 Å². The monoisotopic (exact) mass is 297 g/mol. The van der Waals surface area contributed by atoms with Gasteiger partial charge >= 0.3 is 7.12 Å². The highest BCUT2D eigenvalue weighted by Gasteiger charge is 2.39. The molecule has 0 fully saturated rings. The minimum absolute atomic E-state index is 0.0280. The van der Waals surface area contributed by atoms with E-state index < -0.39 is 24.1 Å². The summed E-state index contributed by atoms with van der Waals surface area (Å²) in [5.74, 6) is -1.06. The van der Waals surface area contributed by atoms with E-state index in [1.165, 1.54) is 19.1 Å². The number of aliphatic hydroxyl groups is 1. The first-order chi connectivity index (χ1) is 9.44. The van der Waals surface area contributed by atoms with Gasteiger partial charge in [-0.15, -0.1) is 0 Å². The van der Waals surface area contributed by atoms with Gasteiger partial charge in [0.15, 0.2) is 0 Å². The number of carbonyl (C=O) groups excluding carboxylic acids is 1. The molecule has 0 bridgehead atoms. The van der Waals surface area contributed by atoms with Crippen molar-refractivity contribution in [3.8, 4) is 0 Å². The van der Waals surface area contributed by atoms with Crippen LogP contribution in [0.3, 0.4) is 0 Å². The third kappa shape index (κ3) is 4.52. The highest BCUT2D eigenvalue weighted by atomic mass is 19.1. The molecule has 21 heavy (non-hydrogen) atoms. The van der Waals surface area contributed by atoms with Crippen LogP contribution < -0.4 is 10.8 Å². The van der Waals surface area contributed by atoms with Crippen LogP contribution in [0, 0.1) is 5.82 Å². The smallest absolute Gasteiger partial charge is 0.423 e. The summed E-state index contributed by atoms with van der Waals surface area (Å²) in [5.41, 5.74) is -2.01. The second kappa shape index (κ2) is 6.13. The summed E-state index contributed by atoms with van der Waals surface area (Å²) in [6, 6.07) is 3.87. The molecule has 0 aliphatic carbocycles. The first kappa shape index (κ1) is 17.6. The molecule has 0 unspecified atom stereocenters. The van der Waals surface area contributed by atoms with Gasteiger partial charge in [-0.2, -0.15) is 0 Å². The average molecular weight is 297 g/mol. The Morgan fingerprint density at radius 1 is 1.33 bits per heavy atom. The van der Waals surface area contributed by atoms with Crippen molar-refractivity contribution >= 4 is 24.2 Å². The fraction of sp³-hybridized carbons (Fsp3) is 0.500. The lowest BCUT2D eigenvalue weighted by Gasteiger charge is -2.38. The van der Waals surface area contributed by atoms with Crippen molar-refractivity contribution < 1.29 is 24.0 Å². The first-order valence-electron chi connectivity index (χ1n) is 6.59. The molecule has 3 N–H and O–H groups in total. The average Bonchev–Trinajstić information content (AvgIpc) is 2.29. The molecule has 7 heteroatoms. The van der Waals surface area contributed by atoms with E-state index in [1.807, 2.05) is 0 Å². The van der Waals surface area contributed by atoms with Gasteiger partial charge in [0.25, 0.3) is 0 Å². The van der Waals surface area contributed by atoms with Crippen molar-refractivity contribution in [3.05, 3.63) is 24.0 Å². The van der Waals surface area contributed by atoms with E-state index in [0.717, 1.165) is 6.07 Å². The summed E-state index contributed by atoms with van der Waals surface area (Å²) in [6.07, 6.45) is 0. The summed E-state index contributed by atoms with van der Waals surface area (Å²) in [6.45, 7) is 7.63. The molecule has 0 aliphatic heterocycles. The van der Waals surface area contributed by atoms with E-state index in [0.29, 0.717) is 0 Å². The van der Waals surface area contributed by atoms with Gasteiger partial charge in [-0.05, 0) is 45.3 Å². The molecule has 1 aromatic rings. The zero-order valence-corrected chi connectivity index (χ0v) is 12.9. The summed E-state index contributed by atoms with van der Waals surface area (Å²) in [5, 5.41) is 22.3. The topological polar surface area (TPSA) is 78.8 Å². The zero-order valence-electron chi connectivity index (χ0n) is 12.9. The van der Waals surface area contributed by atoms with Gasteiger partial charge in [-0.3, -0.25) is 4.79 Å². The lowest BCUT2D eigenvalue weighted by Crippen LogP contribution is -2.53. The molecule has 1 amide bonds. The van der Waals surface area contributed by atoms with E-state index in [9.17, 15) is 19.3 Å². The van der Waals surface area contributed by atoms with E-state index in [-0.39, 0.29) is 17.1 Å². The zero-order chi connectivity index (χ0) is 16.4. The molecule has 5 nitrogen and oxygen atoms in total. The predicted molar refractivity (Wildman–Crippen MR) is 79.8 cm³/mol. The molecule has 0 saturated carbocycles. The van der Waals surface area contributed by atoms with Crippen molar-refractivity contribution in [2.45, 2.75) is 45.8 Å². The van der Waals surface area contributed by atoms with Crippen LogP contribution in [-0.2, 0) is 9.45 Å². The number of halogens is 1. The standard InChI is InChI=1S/C14H21BFNO4/c1-9(18)17-12-7-6-10(8-11(12)16)15(20)21-14(4,5)13(2,3)19/h6-8,19-20H,1-5H3,(H,17,18). The third-order valence-electron chi connectivity index (χ3n) is 3.47. The number of carbonyl (C=O) groups is 1. The normalized spacial score (nSPS) is 12.2. The van der Waals surface area contributed by atoms with Crippen LogP contribution in [0.1, 0.15) is 34.6 Å². The number of rotatable bonds is 5. The number of anilines is 1. The van der Waals surface area contributed by atoms with E-state index in [1.54, 1.807) is 27.7 Å². The molecule has 0 aliphatic rings. The van der Waals surface area contributed by atoms with Crippen LogP contribution in [0.5, 0.6) is 0 Å². The summed E-state index contributed by atoms with van der Waals surface area (Å²) < 4.78 is 19.2. The quantitative estimate of drug-likeness (QED) is 0.710. The van der Waals surface area contributed by atoms with E-state index in [4.69, 9.17) is 4.65 Å². The fourth-order valence-electron chi connectivity index (χ4n) is 1.47. The number of benzene rings is 1. The van der Waals surface area contributed by atoms with Crippen LogP contribution in [0.15, 0.2) is 18.2 Å².